The summed E-state index contributed by atoms with van der Waals surface area (Å²) in [6.07, 6.45) is 0.683. The number of carbonyl (C=O) groups excluding carboxylic acids is 1. The normalized spacial score (nSPS) is 20.9. The van der Waals surface area contributed by atoms with Crippen LogP contribution in [0.25, 0.3) is 10.6 Å². The molecule has 8 heteroatoms. The second-order valence-corrected chi connectivity index (χ2v) is 9.73. The predicted octanol–water partition coefficient (Wildman–Crippen LogP) is 3.82. The van der Waals surface area contributed by atoms with Gasteiger partial charge in [-0.05, 0) is 56.2 Å². The van der Waals surface area contributed by atoms with E-state index in [0.29, 0.717) is 6.42 Å². The number of benzene rings is 2. The van der Waals surface area contributed by atoms with E-state index in [9.17, 15) is 9.18 Å². The van der Waals surface area contributed by atoms with Crippen molar-refractivity contribution in [1.29, 1.82) is 0 Å². The van der Waals surface area contributed by atoms with Crippen molar-refractivity contribution in [3.8, 4) is 10.6 Å². The molecule has 2 saturated heterocycles. The topological polar surface area (TPSA) is 60.5 Å². The van der Waals surface area contributed by atoms with Crippen molar-refractivity contribution in [3.63, 3.8) is 0 Å². The average Bonchev–Trinajstić information content (AvgIpc) is 3.46. The number of hydrazine groups is 1. The van der Waals surface area contributed by atoms with Gasteiger partial charge in [0, 0.05) is 42.3 Å². The molecule has 2 N–H and O–H groups in total. The van der Waals surface area contributed by atoms with Gasteiger partial charge in [-0.2, -0.15) is 0 Å². The molecule has 3 heterocycles. The standard InChI is InChI=1S/C25H28FN5OS/c1-16-5-3-4-6-22(16)30-11-13-31(14-12-30)25(32)21-15-20(28-29-21)23-17(2)27-24(33-23)18-7-9-19(26)10-8-18/h3-10,20-21,28-29H,11-15H2,1-2H3. The van der Waals surface area contributed by atoms with Gasteiger partial charge in [-0.1, -0.05) is 18.2 Å². The number of halogens is 1. The zero-order chi connectivity index (χ0) is 22.9. The van der Waals surface area contributed by atoms with Crippen molar-refractivity contribution in [3.05, 3.63) is 70.5 Å². The first kappa shape index (κ1) is 22.0. The number of hydrogen-bond donors (Lipinski definition) is 2. The summed E-state index contributed by atoms with van der Waals surface area (Å²) in [4.78, 5) is 23.3. The second-order valence-electron chi connectivity index (χ2n) is 8.70. The monoisotopic (exact) mass is 465 g/mol. The van der Waals surface area contributed by atoms with E-state index in [1.54, 1.807) is 23.5 Å². The third-order valence-corrected chi connectivity index (χ3v) is 7.81. The maximum Gasteiger partial charge on any atom is 0.241 e. The van der Waals surface area contributed by atoms with Crippen LogP contribution in [0, 0.1) is 19.7 Å². The molecule has 1 amide bonds. The van der Waals surface area contributed by atoms with Gasteiger partial charge in [-0.15, -0.1) is 11.3 Å². The molecule has 2 atom stereocenters. The van der Waals surface area contributed by atoms with Crippen LogP contribution in [0.15, 0.2) is 48.5 Å². The first-order valence-electron chi connectivity index (χ1n) is 11.3. The third-order valence-electron chi connectivity index (χ3n) is 6.49. The van der Waals surface area contributed by atoms with E-state index in [1.165, 1.54) is 23.4 Å². The van der Waals surface area contributed by atoms with Gasteiger partial charge < -0.3 is 9.80 Å². The molecule has 2 fully saturated rings. The maximum absolute atomic E-state index is 13.3. The highest BCUT2D eigenvalue weighted by atomic mass is 32.1. The number of hydrogen-bond acceptors (Lipinski definition) is 6. The Kier molecular flexibility index (Phi) is 6.14. The van der Waals surface area contributed by atoms with Crippen molar-refractivity contribution >= 4 is 22.9 Å². The number of nitrogens with one attached hydrogen (secondary N) is 2. The van der Waals surface area contributed by atoms with Gasteiger partial charge in [0.25, 0.3) is 0 Å². The Morgan fingerprint density at radius 2 is 1.76 bits per heavy atom. The molecule has 6 nitrogen and oxygen atoms in total. The highest BCUT2D eigenvalue weighted by Gasteiger charge is 2.35. The summed E-state index contributed by atoms with van der Waals surface area (Å²) in [6.45, 7) is 7.25. The van der Waals surface area contributed by atoms with Gasteiger partial charge >= 0.3 is 0 Å². The van der Waals surface area contributed by atoms with Gasteiger partial charge in [-0.3, -0.25) is 4.79 Å². The highest BCUT2D eigenvalue weighted by Crippen LogP contribution is 2.35. The van der Waals surface area contributed by atoms with E-state index in [4.69, 9.17) is 0 Å². The van der Waals surface area contributed by atoms with Gasteiger partial charge in [0.2, 0.25) is 5.91 Å². The predicted molar refractivity (Wildman–Crippen MR) is 130 cm³/mol. The van der Waals surface area contributed by atoms with E-state index in [0.717, 1.165) is 47.3 Å². The molecule has 2 unspecified atom stereocenters. The lowest BCUT2D eigenvalue weighted by atomic mass is 10.1. The minimum Gasteiger partial charge on any atom is -0.368 e. The summed E-state index contributed by atoms with van der Waals surface area (Å²) in [5.74, 6) is -0.106. The number of anilines is 1. The highest BCUT2D eigenvalue weighted by molar-refractivity contribution is 7.15. The molecule has 172 valence electrons. The van der Waals surface area contributed by atoms with Crippen LogP contribution in [0.2, 0.25) is 0 Å². The first-order valence-corrected chi connectivity index (χ1v) is 12.1. The Hall–Kier alpha value is -2.81. The molecule has 0 saturated carbocycles. The van der Waals surface area contributed by atoms with Crippen LogP contribution < -0.4 is 15.8 Å². The number of aromatic nitrogens is 1. The fraction of sp³-hybridized carbons (Fsp3) is 0.360. The lowest BCUT2D eigenvalue weighted by Crippen LogP contribution is -2.53. The largest absolute Gasteiger partial charge is 0.368 e. The molecule has 0 bridgehead atoms. The van der Waals surface area contributed by atoms with E-state index in [-0.39, 0.29) is 23.8 Å². The number of amides is 1. The van der Waals surface area contributed by atoms with E-state index in [2.05, 4.69) is 51.9 Å². The Balaban J connectivity index is 1.21. The summed E-state index contributed by atoms with van der Waals surface area (Å²) in [5, 5.41) is 0.867. The summed E-state index contributed by atoms with van der Waals surface area (Å²) >= 11 is 1.60. The number of piperazine rings is 1. The minimum atomic E-state index is -0.255. The lowest BCUT2D eigenvalue weighted by molar-refractivity contribution is -0.133. The number of rotatable bonds is 4. The first-order chi connectivity index (χ1) is 16.0. The van der Waals surface area contributed by atoms with E-state index >= 15 is 0 Å². The van der Waals surface area contributed by atoms with Gasteiger partial charge in [0.05, 0.1) is 11.7 Å². The van der Waals surface area contributed by atoms with Gasteiger partial charge in [0.15, 0.2) is 0 Å². The molecule has 33 heavy (non-hydrogen) atoms. The van der Waals surface area contributed by atoms with Crippen molar-refractivity contribution in [2.45, 2.75) is 32.4 Å². The van der Waals surface area contributed by atoms with Crippen LogP contribution in [0.1, 0.15) is 28.6 Å². The Labute approximate surface area is 197 Å². The zero-order valence-electron chi connectivity index (χ0n) is 18.8. The summed E-state index contributed by atoms with van der Waals surface area (Å²) < 4.78 is 13.3. The number of carbonyl (C=O) groups is 1. The molecular weight excluding hydrogens is 437 g/mol. The SMILES string of the molecule is Cc1ccccc1N1CCN(C(=O)C2CC(c3sc(-c4ccc(F)cc4)nc3C)NN2)CC1. The molecule has 1 aromatic heterocycles. The molecule has 2 aliphatic heterocycles. The van der Waals surface area contributed by atoms with E-state index < -0.39 is 0 Å². The van der Waals surface area contributed by atoms with Crippen LogP contribution in [0.4, 0.5) is 10.1 Å². The third kappa shape index (κ3) is 4.51. The average molecular weight is 466 g/mol. The molecular formula is C25H28FN5OS. The van der Waals surface area contributed by atoms with Gasteiger partial charge in [0.1, 0.15) is 16.9 Å². The van der Waals surface area contributed by atoms with Crippen molar-refractivity contribution in [2.75, 3.05) is 31.1 Å². The Morgan fingerprint density at radius 1 is 1.03 bits per heavy atom. The van der Waals surface area contributed by atoms with Crippen LogP contribution in [-0.4, -0.2) is 48.0 Å². The van der Waals surface area contributed by atoms with Crippen LogP contribution in [0.5, 0.6) is 0 Å². The van der Waals surface area contributed by atoms with Crippen molar-refractivity contribution in [1.82, 2.24) is 20.7 Å². The number of para-hydroxylation sites is 1. The minimum absolute atomic E-state index is 0.0268. The fourth-order valence-corrected chi connectivity index (χ4v) is 5.78. The zero-order valence-corrected chi connectivity index (χ0v) is 19.7. The second kappa shape index (κ2) is 9.21. The smallest absolute Gasteiger partial charge is 0.241 e. The Bertz CT molecular complexity index is 1140. The quantitative estimate of drug-likeness (QED) is 0.614. The van der Waals surface area contributed by atoms with Crippen molar-refractivity contribution in [2.24, 2.45) is 0 Å². The Morgan fingerprint density at radius 3 is 2.48 bits per heavy atom. The fourth-order valence-electron chi connectivity index (χ4n) is 4.64. The number of aryl methyl sites for hydroxylation is 2. The van der Waals surface area contributed by atoms with Crippen LogP contribution in [0.3, 0.4) is 0 Å². The number of nitrogens with zero attached hydrogens (tertiary/aromatic N) is 3. The van der Waals surface area contributed by atoms with Gasteiger partial charge in [-0.25, -0.2) is 20.2 Å². The molecule has 2 aromatic carbocycles. The van der Waals surface area contributed by atoms with Crippen LogP contribution >= 0.6 is 11.3 Å². The molecule has 5 rings (SSSR count). The molecule has 0 aliphatic carbocycles. The summed E-state index contributed by atoms with van der Waals surface area (Å²) in [7, 11) is 0. The lowest BCUT2D eigenvalue weighted by Gasteiger charge is -2.37. The molecule has 0 spiro atoms. The molecule has 2 aliphatic rings. The van der Waals surface area contributed by atoms with E-state index in [1.807, 2.05) is 11.8 Å². The van der Waals surface area contributed by atoms with Crippen LogP contribution in [-0.2, 0) is 4.79 Å². The molecule has 0 radical (unpaired) electrons. The summed E-state index contributed by atoms with van der Waals surface area (Å²) in [6, 6.07) is 14.6. The molecule has 3 aromatic rings. The van der Waals surface area contributed by atoms with Crippen molar-refractivity contribution < 1.29 is 9.18 Å². The number of thiazole rings is 1. The maximum atomic E-state index is 13.3. The summed E-state index contributed by atoms with van der Waals surface area (Å²) in [5.41, 5.74) is 10.9.